The molecule has 1 N–H and O–H groups in total. The molecule has 0 amide bonds. The summed E-state index contributed by atoms with van der Waals surface area (Å²) in [5.74, 6) is 0.824. The first-order chi connectivity index (χ1) is 5.09. The topological polar surface area (TPSA) is 38.0 Å². The third-order valence-corrected chi connectivity index (χ3v) is 1.52. The molecule has 1 aromatic rings. The molecule has 0 aliphatic carbocycles. The van der Waals surface area contributed by atoms with Gasteiger partial charge in [0.05, 0.1) is 5.69 Å². The first kappa shape index (κ1) is 8.11. The maximum atomic E-state index is 9.15. The van der Waals surface area contributed by atoms with Crippen molar-refractivity contribution >= 4 is 0 Å². The summed E-state index contributed by atoms with van der Waals surface area (Å²) in [6.07, 6.45) is 0.925. The van der Waals surface area contributed by atoms with Gasteiger partial charge in [0.2, 0.25) is 5.88 Å². The SMILES string of the molecule is CC(C)Cc1cc(O)n(C)n1. The van der Waals surface area contributed by atoms with Crippen LogP contribution in [0, 0.1) is 5.92 Å². The fraction of sp³-hybridized carbons (Fsp3) is 0.625. The zero-order valence-electron chi connectivity index (χ0n) is 7.20. The number of hydrogen-bond donors (Lipinski definition) is 1. The van der Waals surface area contributed by atoms with Crippen LogP contribution in [0.3, 0.4) is 0 Å². The highest BCUT2D eigenvalue weighted by atomic mass is 16.3. The number of nitrogens with zero attached hydrogens (tertiary/aromatic N) is 2. The van der Waals surface area contributed by atoms with Crippen LogP contribution in [-0.2, 0) is 13.5 Å². The number of hydrogen-bond acceptors (Lipinski definition) is 2. The lowest BCUT2D eigenvalue weighted by Crippen LogP contribution is -1.96. The predicted octanol–water partition coefficient (Wildman–Crippen LogP) is 1.32. The van der Waals surface area contributed by atoms with E-state index in [1.807, 2.05) is 0 Å². The van der Waals surface area contributed by atoms with Crippen LogP contribution >= 0.6 is 0 Å². The molecule has 0 spiro atoms. The van der Waals surface area contributed by atoms with Gasteiger partial charge in [0.15, 0.2) is 0 Å². The molecule has 0 radical (unpaired) electrons. The van der Waals surface area contributed by atoms with E-state index >= 15 is 0 Å². The van der Waals surface area contributed by atoms with Gasteiger partial charge in [-0.3, -0.25) is 0 Å². The van der Waals surface area contributed by atoms with Gasteiger partial charge in [-0.05, 0) is 12.3 Å². The summed E-state index contributed by atoms with van der Waals surface area (Å²) in [5.41, 5.74) is 0.958. The van der Waals surface area contributed by atoms with Gasteiger partial charge >= 0.3 is 0 Å². The van der Waals surface area contributed by atoms with E-state index in [2.05, 4.69) is 18.9 Å². The average Bonchev–Trinajstić information content (AvgIpc) is 2.10. The molecule has 11 heavy (non-hydrogen) atoms. The summed E-state index contributed by atoms with van der Waals surface area (Å²) in [4.78, 5) is 0. The van der Waals surface area contributed by atoms with Gasteiger partial charge in [-0.1, -0.05) is 13.8 Å². The van der Waals surface area contributed by atoms with Crippen molar-refractivity contribution in [2.45, 2.75) is 20.3 Å². The second kappa shape index (κ2) is 2.95. The number of aromatic hydroxyl groups is 1. The Labute approximate surface area is 66.7 Å². The molecule has 3 nitrogen and oxygen atoms in total. The molecule has 0 saturated heterocycles. The minimum absolute atomic E-state index is 0.237. The lowest BCUT2D eigenvalue weighted by Gasteiger charge is -1.98. The molecule has 0 atom stereocenters. The van der Waals surface area contributed by atoms with E-state index in [1.54, 1.807) is 13.1 Å². The van der Waals surface area contributed by atoms with Gasteiger partial charge in [-0.25, -0.2) is 4.68 Å². The third kappa shape index (κ3) is 1.97. The van der Waals surface area contributed by atoms with E-state index < -0.39 is 0 Å². The number of aryl methyl sites for hydroxylation is 1. The Bertz CT molecular complexity index is 221. The summed E-state index contributed by atoms with van der Waals surface area (Å²) in [7, 11) is 1.74. The summed E-state index contributed by atoms with van der Waals surface area (Å²) in [6, 6.07) is 1.71. The van der Waals surface area contributed by atoms with Crippen LogP contribution in [0.2, 0.25) is 0 Å². The molecule has 0 aromatic carbocycles. The van der Waals surface area contributed by atoms with Crippen molar-refractivity contribution < 1.29 is 5.11 Å². The summed E-state index contributed by atoms with van der Waals surface area (Å²) < 4.78 is 1.48. The van der Waals surface area contributed by atoms with Crippen LogP contribution in [0.4, 0.5) is 0 Å². The van der Waals surface area contributed by atoms with E-state index in [-0.39, 0.29) is 5.88 Å². The van der Waals surface area contributed by atoms with E-state index in [4.69, 9.17) is 5.11 Å². The van der Waals surface area contributed by atoms with Gasteiger partial charge in [-0.2, -0.15) is 5.10 Å². The van der Waals surface area contributed by atoms with E-state index in [0.717, 1.165) is 12.1 Å². The molecule has 1 heterocycles. The Balaban J connectivity index is 2.73. The van der Waals surface area contributed by atoms with E-state index in [1.165, 1.54) is 4.68 Å². The molecule has 1 aromatic heterocycles. The van der Waals surface area contributed by atoms with Crippen molar-refractivity contribution in [1.29, 1.82) is 0 Å². The molecule has 0 aliphatic heterocycles. The predicted molar refractivity (Wildman–Crippen MR) is 43.4 cm³/mol. The molecule has 0 unspecified atom stereocenters. The molecule has 0 bridgehead atoms. The smallest absolute Gasteiger partial charge is 0.209 e. The summed E-state index contributed by atoms with van der Waals surface area (Å²) in [5, 5.41) is 13.3. The van der Waals surface area contributed by atoms with Gasteiger partial charge in [0.1, 0.15) is 0 Å². The lowest BCUT2D eigenvalue weighted by atomic mass is 10.1. The highest BCUT2D eigenvalue weighted by molar-refractivity contribution is 5.14. The van der Waals surface area contributed by atoms with Gasteiger partial charge < -0.3 is 5.11 Å². The molecule has 0 saturated carbocycles. The Morgan fingerprint density at radius 3 is 2.64 bits per heavy atom. The van der Waals surface area contributed by atoms with Crippen LogP contribution in [0.15, 0.2) is 6.07 Å². The van der Waals surface area contributed by atoms with Crippen LogP contribution in [0.1, 0.15) is 19.5 Å². The van der Waals surface area contributed by atoms with E-state index in [0.29, 0.717) is 5.92 Å². The highest BCUT2D eigenvalue weighted by Gasteiger charge is 2.04. The largest absolute Gasteiger partial charge is 0.493 e. The highest BCUT2D eigenvalue weighted by Crippen LogP contribution is 2.12. The first-order valence-electron chi connectivity index (χ1n) is 3.81. The minimum Gasteiger partial charge on any atom is -0.493 e. The molecular formula is C8H14N2O. The summed E-state index contributed by atoms with van der Waals surface area (Å²) >= 11 is 0. The van der Waals surface area contributed by atoms with Crippen molar-refractivity contribution in [3.8, 4) is 5.88 Å². The van der Waals surface area contributed by atoms with Crippen molar-refractivity contribution in [2.75, 3.05) is 0 Å². The molecule has 0 aliphatic rings. The Morgan fingerprint density at radius 2 is 2.27 bits per heavy atom. The Morgan fingerprint density at radius 1 is 1.64 bits per heavy atom. The number of rotatable bonds is 2. The zero-order valence-corrected chi connectivity index (χ0v) is 7.20. The van der Waals surface area contributed by atoms with Crippen LogP contribution in [-0.4, -0.2) is 14.9 Å². The zero-order chi connectivity index (χ0) is 8.43. The van der Waals surface area contributed by atoms with Crippen LogP contribution in [0.5, 0.6) is 5.88 Å². The fourth-order valence-electron chi connectivity index (χ4n) is 1.03. The minimum atomic E-state index is 0.237. The van der Waals surface area contributed by atoms with Crippen LogP contribution in [0.25, 0.3) is 0 Å². The van der Waals surface area contributed by atoms with Gasteiger partial charge in [-0.15, -0.1) is 0 Å². The number of aromatic nitrogens is 2. The van der Waals surface area contributed by atoms with Crippen molar-refractivity contribution in [1.82, 2.24) is 9.78 Å². The van der Waals surface area contributed by atoms with Gasteiger partial charge in [0.25, 0.3) is 0 Å². The van der Waals surface area contributed by atoms with Crippen molar-refractivity contribution in [3.63, 3.8) is 0 Å². The van der Waals surface area contributed by atoms with Gasteiger partial charge in [0, 0.05) is 13.1 Å². The Kier molecular flexibility index (Phi) is 2.17. The maximum absolute atomic E-state index is 9.15. The molecule has 0 fully saturated rings. The maximum Gasteiger partial charge on any atom is 0.209 e. The molecule has 3 heteroatoms. The summed E-state index contributed by atoms with van der Waals surface area (Å²) in [6.45, 7) is 4.26. The second-order valence-corrected chi connectivity index (χ2v) is 3.22. The van der Waals surface area contributed by atoms with Crippen molar-refractivity contribution in [3.05, 3.63) is 11.8 Å². The molecular weight excluding hydrogens is 140 g/mol. The average molecular weight is 154 g/mol. The fourth-order valence-corrected chi connectivity index (χ4v) is 1.03. The lowest BCUT2D eigenvalue weighted by molar-refractivity contribution is 0.419. The van der Waals surface area contributed by atoms with Crippen molar-refractivity contribution in [2.24, 2.45) is 13.0 Å². The van der Waals surface area contributed by atoms with E-state index in [9.17, 15) is 0 Å². The quantitative estimate of drug-likeness (QED) is 0.697. The molecule has 1 rings (SSSR count). The first-order valence-corrected chi connectivity index (χ1v) is 3.81. The van der Waals surface area contributed by atoms with Crippen LogP contribution < -0.4 is 0 Å². The standard InChI is InChI=1S/C8H14N2O/c1-6(2)4-7-5-8(11)10(3)9-7/h5-6,11H,4H2,1-3H3. The monoisotopic (exact) mass is 154 g/mol. The third-order valence-electron chi connectivity index (χ3n) is 1.52. The molecule has 62 valence electrons. The normalized spacial score (nSPS) is 10.9. The second-order valence-electron chi connectivity index (χ2n) is 3.22. The Hall–Kier alpha value is -0.990.